The highest BCUT2D eigenvalue weighted by Gasteiger charge is 2.28. The summed E-state index contributed by atoms with van der Waals surface area (Å²) in [4.78, 5) is 22.6. The third-order valence-corrected chi connectivity index (χ3v) is 5.54. The Hall–Kier alpha value is -1.96. The fourth-order valence-corrected chi connectivity index (χ4v) is 4.28. The molecule has 0 amide bonds. The van der Waals surface area contributed by atoms with Gasteiger partial charge in [0, 0.05) is 24.8 Å². The van der Waals surface area contributed by atoms with E-state index < -0.39 is 5.82 Å². The molecule has 0 saturated carbocycles. The second kappa shape index (κ2) is 6.51. The van der Waals surface area contributed by atoms with Crippen LogP contribution in [0.25, 0.3) is 0 Å². The molecule has 2 aliphatic heterocycles. The lowest BCUT2D eigenvalue weighted by atomic mass is 10.2. The predicted octanol–water partition coefficient (Wildman–Crippen LogP) is 1.63. The van der Waals surface area contributed by atoms with Gasteiger partial charge in [-0.2, -0.15) is 16.9 Å². The summed E-state index contributed by atoms with van der Waals surface area (Å²) in [5.74, 6) is 2.00. The highest BCUT2D eigenvalue weighted by atomic mass is 32.2. The Morgan fingerprint density at radius 1 is 1.33 bits per heavy atom. The van der Waals surface area contributed by atoms with E-state index in [1.165, 1.54) is 12.4 Å². The van der Waals surface area contributed by atoms with Crippen molar-refractivity contribution >= 4 is 17.7 Å². The summed E-state index contributed by atoms with van der Waals surface area (Å²) in [5, 5.41) is 4.58. The topological polar surface area (TPSA) is 63.9 Å². The maximum absolute atomic E-state index is 13.0. The van der Waals surface area contributed by atoms with Crippen LogP contribution in [0.5, 0.6) is 0 Å². The summed E-state index contributed by atoms with van der Waals surface area (Å²) in [7, 11) is 0. The number of nitrogens with zero attached hydrogens (tertiary/aromatic N) is 5. The predicted molar refractivity (Wildman–Crippen MR) is 90.7 cm³/mol. The molecule has 4 heterocycles. The van der Waals surface area contributed by atoms with E-state index in [-0.39, 0.29) is 11.6 Å². The zero-order valence-corrected chi connectivity index (χ0v) is 14.0. The molecule has 1 atom stereocenters. The van der Waals surface area contributed by atoms with Crippen LogP contribution in [0.4, 0.5) is 10.3 Å². The van der Waals surface area contributed by atoms with Gasteiger partial charge in [-0.3, -0.25) is 4.79 Å². The fourth-order valence-electron chi connectivity index (χ4n) is 3.33. The van der Waals surface area contributed by atoms with Gasteiger partial charge in [0.15, 0.2) is 5.82 Å². The van der Waals surface area contributed by atoms with Gasteiger partial charge >= 0.3 is 0 Å². The molecule has 2 aliphatic rings. The van der Waals surface area contributed by atoms with E-state index in [9.17, 15) is 9.18 Å². The molecule has 1 unspecified atom stereocenters. The molecule has 2 aromatic heterocycles. The molecule has 0 aromatic carbocycles. The minimum absolute atomic E-state index is 0.0527. The molecule has 126 valence electrons. The molecule has 4 rings (SSSR count). The summed E-state index contributed by atoms with van der Waals surface area (Å²) >= 11 is 1.84. The summed E-state index contributed by atoms with van der Waals surface area (Å²) in [5.41, 5.74) is 2.05. The number of thioether (sulfide) groups is 1. The van der Waals surface area contributed by atoms with Crippen molar-refractivity contribution in [3.63, 3.8) is 0 Å². The largest absolute Gasteiger partial charge is 0.336 e. The number of hydrogen-bond donors (Lipinski definition) is 0. The van der Waals surface area contributed by atoms with Crippen LogP contribution >= 0.6 is 11.8 Å². The summed E-state index contributed by atoms with van der Waals surface area (Å²) in [6.45, 7) is 1.33. The van der Waals surface area contributed by atoms with E-state index in [1.54, 1.807) is 10.7 Å². The number of halogens is 1. The van der Waals surface area contributed by atoms with E-state index in [0.717, 1.165) is 48.6 Å². The van der Waals surface area contributed by atoms with Crippen molar-refractivity contribution < 1.29 is 4.39 Å². The highest BCUT2D eigenvalue weighted by molar-refractivity contribution is 7.98. The number of anilines is 1. The van der Waals surface area contributed by atoms with Crippen LogP contribution in [-0.4, -0.2) is 38.1 Å². The summed E-state index contributed by atoms with van der Waals surface area (Å²) in [6, 6.07) is 1.83. The van der Waals surface area contributed by atoms with Gasteiger partial charge < -0.3 is 4.90 Å². The second-order valence-corrected chi connectivity index (χ2v) is 7.24. The molecule has 0 radical (unpaired) electrons. The first-order valence-electron chi connectivity index (χ1n) is 8.12. The van der Waals surface area contributed by atoms with Crippen LogP contribution in [0.3, 0.4) is 0 Å². The van der Waals surface area contributed by atoms with Crippen LogP contribution in [0.1, 0.15) is 24.1 Å². The Bertz CT molecular complexity index is 794. The standard InChI is InChI=1S/C16H18FN5OS/c17-12-7-18-16(19-8-12)21-4-1-2-13(21)9-22-15(23)6-11-10-24-5-3-14(11)20-22/h6-8,13H,1-5,9-10H2. The molecule has 1 fully saturated rings. The third kappa shape index (κ3) is 3.02. The Morgan fingerprint density at radius 2 is 2.17 bits per heavy atom. The zero-order valence-electron chi connectivity index (χ0n) is 13.2. The van der Waals surface area contributed by atoms with Gasteiger partial charge in [-0.15, -0.1) is 0 Å². The summed E-state index contributed by atoms with van der Waals surface area (Å²) < 4.78 is 14.6. The van der Waals surface area contributed by atoms with Crippen molar-refractivity contribution in [1.29, 1.82) is 0 Å². The van der Waals surface area contributed by atoms with Gasteiger partial charge in [0.1, 0.15) is 0 Å². The van der Waals surface area contributed by atoms with Crippen LogP contribution in [0, 0.1) is 5.82 Å². The van der Waals surface area contributed by atoms with Gasteiger partial charge in [-0.05, 0) is 24.2 Å². The Kier molecular flexibility index (Phi) is 4.22. The minimum Gasteiger partial charge on any atom is -0.336 e. The van der Waals surface area contributed by atoms with Crippen molar-refractivity contribution in [2.75, 3.05) is 17.2 Å². The monoisotopic (exact) mass is 347 g/mol. The molecular weight excluding hydrogens is 329 g/mol. The van der Waals surface area contributed by atoms with Gasteiger partial charge in [0.05, 0.1) is 30.7 Å². The molecule has 24 heavy (non-hydrogen) atoms. The van der Waals surface area contributed by atoms with Crippen molar-refractivity contribution in [1.82, 2.24) is 19.7 Å². The van der Waals surface area contributed by atoms with Crippen LogP contribution < -0.4 is 10.5 Å². The van der Waals surface area contributed by atoms with E-state index in [4.69, 9.17) is 0 Å². The zero-order chi connectivity index (χ0) is 16.5. The normalized spacial score (nSPS) is 20.2. The Balaban J connectivity index is 1.58. The van der Waals surface area contributed by atoms with Gasteiger partial charge in [0.2, 0.25) is 5.95 Å². The molecule has 1 saturated heterocycles. The number of hydrogen-bond acceptors (Lipinski definition) is 6. The first kappa shape index (κ1) is 15.6. The smallest absolute Gasteiger partial charge is 0.267 e. The third-order valence-electron chi connectivity index (χ3n) is 4.53. The molecule has 0 bridgehead atoms. The summed E-state index contributed by atoms with van der Waals surface area (Å²) in [6.07, 6.45) is 5.22. The molecule has 6 nitrogen and oxygen atoms in total. The molecule has 0 aliphatic carbocycles. The lowest BCUT2D eigenvalue weighted by Gasteiger charge is -2.25. The van der Waals surface area contributed by atoms with Crippen LogP contribution in [0.15, 0.2) is 23.3 Å². The highest BCUT2D eigenvalue weighted by Crippen LogP contribution is 2.24. The lowest BCUT2D eigenvalue weighted by Crippen LogP contribution is -2.38. The Morgan fingerprint density at radius 3 is 3.00 bits per heavy atom. The first-order valence-corrected chi connectivity index (χ1v) is 9.28. The quantitative estimate of drug-likeness (QED) is 0.841. The minimum atomic E-state index is -0.444. The van der Waals surface area contributed by atoms with E-state index in [1.807, 2.05) is 16.7 Å². The van der Waals surface area contributed by atoms with Crippen LogP contribution in [-0.2, 0) is 18.7 Å². The average Bonchev–Trinajstić information content (AvgIpc) is 3.04. The molecule has 0 N–H and O–H groups in total. The van der Waals surface area contributed by atoms with Crippen molar-refractivity contribution in [3.05, 3.63) is 45.9 Å². The number of rotatable bonds is 3. The SMILES string of the molecule is O=c1cc2c(nn1CC1CCCN1c1ncc(F)cn1)CCSC2. The second-order valence-electron chi connectivity index (χ2n) is 6.13. The van der Waals surface area contributed by atoms with E-state index in [2.05, 4.69) is 15.1 Å². The van der Waals surface area contributed by atoms with Gasteiger partial charge in [-0.1, -0.05) is 0 Å². The maximum atomic E-state index is 13.0. The van der Waals surface area contributed by atoms with Gasteiger partial charge in [-0.25, -0.2) is 19.0 Å². The molecule has 2 aromatic rings. The maximum Gasteiger partial charge on any atom is 0.267 e. The number of fused-ring (bicyclic) bond motifs is 1. The first-order chi connectivity index (χ1) is 11.7. The molecule has 0 spiro atoms. The van der Waals surface area contributed by atoms with Crippen molar-refractivity contribution in [2.24, 2.45) is 0 Å². The number of aryl methyl sites for hydroxylation is 1. The van der Waals surface area contributed by atoms with E-state index >= 15 is 0 Å². The van der Waals surface area contributed by atoms with Crippen LogP contribution in [0.2, 0.25) is 0 Å². The van der Waals surface area contributed by atoms with Crippen molar-refractivity contribution in [3.8, 4) is 0 Å². The van der Waals surface area contributed by atoms with E-state index in [0.29, 0.717) is 12.5 Å². The van der Waals surface area contributed by atoms with Crippen molar-refractivity contribution in [2.45, 2.75) is 37.6 Å². The molecular formula is C16H18FN5OS. The fraction of sp³-hybridized carbons (Fsp3) is 0.500. The average molecular weight is 347 g/mol. The molecule has 8 heteroatoms. The lowest BCUT2D eigenvalue weighted by molar-refractivity contribution is 0.477. The van der Waals surface area contributed by atoms with Gasteiger partial charge in [0.25, 0.3) is 5.56 Å². The Labute approximate surface area is 143 Å². The number of aromatic nitrogens is 4.